The molecule has 8 aromatic rings. The molecule has 0 aliphatic carbocycles. The van der Waals surface area contributed by atoms with Crippen LogP contribution in [0.15, 0.2) is 121 Å². The van der Waals surface area contributed by atoms with Gasteiger partial charge in [0.1, 0.15) is 0 Å². The number of benzene rings is 6. The summed E-state index contributed by atoms with van der Waals surface area (Å²) in [6.07, 6.45) is -9.07. The maximum atomic E-state index is 13.7. The zero-order valence-electron chi connectivity index (χ0n) is 25.6. The van der Waals surface area contributed by atoms with Crippen molar-refractivity contribution in [3.8, 4) is 34.6 Å². The SMILES string of the molecule is N#Cc1ccc(-n2c3ccccc3c3cc(C(F)(F)F)ccc32)cc1-c1cc(-n2c3ccccc3c3cc(C(F)(F)F)ccc32)ccc1C#N. The van der Waals surface area contributed by atoms with E-state index in [1.807, 2.05) is 9.13 Å². The first-order chi connectivity index (χ1) is 24.0. The lowest BCUT2D eigenvalue weighted by Crippen LogP contribution is -2.04. The Balaban J connectivity index is 1.37. The molecular weight excluding hydrogens is 650 g/mol. The molecule has 0 radical (unpaired) electrons. The van der Waals surface area contributed by atoms with Crippen LogP contribution in [0.2, 0.25) is 0 Å². The number of alkyl halides is 6. The van der Waals surface area contributed by atoms with Gasteiger partial charge in [-0.25, -0.2) is 0 Å². The van der Waals surface area contributed by atoms with Crippen LogP contribution >= 0.6 is 0 Å². The van der Waals surface area contributed by atoms with Crippen LogP contribution in [-0.2, 0) is 12.4 Å². The standard InChI is InChI=1S/C40H20F6N4/c41-39(42,43)25-11-15-37-33(17-25)29-5-1-3-7-35(29)49(37)27-13-9-23(21-47)31(19-27)32-20-28(14-10-24(32)22-48)50-36-8-4-2-6-30(36)34-18-26(40(44,45)46)12-16-38(34)50/h1-20H. The van der Waals surface area contributed by atoms with Crippen molar-refractivity contribution >= 4 is 43.6 Å². The van der Waals surface area contributed by atoms with Crippen molar-refractivity contribution in [2.75, 3.05) is 0 Å². The summed E-state index contributed by atoms with van der Waals surface area (Å²) in [6.45, 7) is 0. The fraction of sp³-hybridized carbons (Fsp3) is 0.0500. The van der Waals surface area contributed by atoms with Gasteiger partial charge < -0.3 is 9.13 Å². The molecule has 4 nitrogen and oxygen atoms in total. The van der Waals surface area contributed by atoms with Crippen molar-refractivity contribution < 1.29 is 26.3 Å². The van der Waals surface area contributed by atoms with Crippen molar-refractivity contribution in [1.82, 2.24) is 9.13 Å². The average Bonchev–Trinajstić information content (AvgIpc) is 3.62. The number of rotatable bonds is 3. The molecule has 0 spiro atoms. The summed E-state index contributed by atoms with van der Waals surface area (Å²) in [5, 5.41) is 22.4. The highest BCUT2D eigenvalue weighted by atomic mass is 19.4. The predicted molar refractivity (Wildman–Crippen MR) is 180 cm³/mol. The van der Waals surface area contributed by atoms with Crippen LogP contribution in [0.25, 0.3) is 66.1 Å². The first-order valence-corrected chi connectivity index (χ1v) is 15.3. The van der Waals surface area contributed by atoms with Crippen LogP contribution in [0.4, 0.5) is 26.3 Å². The van der Waals surface area contributed by atoms with Crippen LogP contribution in [0.5, 0.6) is 0 Å². The van der Waals surface area contributed by atoms with Gasteiger partial charge in [-0.05, 0) is 84.9 Å². The Labute approximate surface area is 279 Å². The van der Waals surface area contributed by atoms with Crippen LogP contribution in [-0.4, -0.2) is 9.13 Å². The van der Waals surface area contributed by atoms with E-state index >= 15 is 0 Å². The Morgan fingerprint density at radius 3 is 1.18 bits per heavy atom. The highest BCUT2D eigenvalue weighted by molar-refractivity contribution is 6.10. The summed E-state index contributed by atoms with van der Waals surface area (Å²) in [4.78, 5) is 0. The number of nitriles is 2. The minimum atomic E-state index is -4.53. The van der Waals surface area contributed by atoms with E-state index in [1.165, 1.54) is 12.1 Å². The van der Waals surface area contributed by atoms with Gasteiger partial charge >= 0.3 is 12.4 Å². The zero-order chi connectivity index (χ0) is 34.9. The fourth-order valence-corrected chi connectivity index (χ4v) is 6.84. The monoisotopic (exact) mass is 670 g/mol. The van der Waals surface area contributed by atoms with E-state index in [-0.39, 0.29) is 11.1 Å². The molecule has 0 aliphatic rings. The third kappa shape index (κ3) is 4.76. The van der Waals surface area contributed by atoms with Gasteiger partial charge in [-0.3, -0.25) is 0 Å². The molecule has 10 heteroatoms. The Morgan fingerprint density at radius 2 is 0.800 bits per heavy atom. The predicted octanol–water partition coefficient (Wildman–Crippen LogP) is 11.3. The molecule has 0 unspecified atom stereocenters. The molecule has 0 saturated carbocycles. The molecule has 0 fully saturated rings. The largest absolute Gasteiger partial charge is 0.416 e. The maximum Gasteiger partial charge on any atom is 0.416 e. The number of aromatic nitrogens is 2. The molecule has 0 atom stereocenters. The molecule has 0 bridgehead atoms. The Hall–Kier alpha value is -6.52. The van der Waals surface area contributed by atoms with Gasteiger partial charge in [0.15, 0.2) is 0 Å². The van der Waals surface area contributed by atoms with Crippen molar-refractivity contribution in [2.45, 2.75) is 12.4 Å². The molecule has 2 heterocycles. The lowest BCUT2D eigenvalue weighted by atomic mass is 9.95. The van der Waals surface area contributed by atoms with E-state index in [2.05, 4.69) is 12.1 Å². The van der Waals surface area contributed by atoms with Crippen molar-refractivity contribution in [2.24, 2.45) is 0 Å². The summed E-state index contributed by atoms with van der Waals surface area (Å²) in [7, 11) is 0. The molecule has 6 aromatic carbocycles. The van der Waals surface area contributed by atoms with Crippen molar-refractivity contribution in [1.29, 1.82) is 10.5 Å². The van der Waals surface area contributed by atoms with E-state index < -0.39 is 23.5 Å². The van der Waals surface area contributed by atoms with E-state index in [0.717, 1.165) is 24.3 Å². The summed E-state index contributed by atoms with van der Waals surface area (Å²) in [5.74, 6) is 0. The van der Waals surface area contributed by atoms with Gasteiger partial charge in [0.25, 0.3) is 0 Å². The first kappa shape index (κ1) is 30.8. The van der Waals surface area contributed by atoms with Crippen LogP contribution in [0, 0.1) is 22.7 Å². The van der Waals surface area contributed by atoms with Crippen molar-refractivity contribution in [3.63, 3.8) is 0 Å². The molecule has 8 rings (SSSR count). The molecule has 242 valence electrons. The second kappa shape index (κ2) is 11.0. The highest BCUT2D eigenvalue weighted by Crippen LogP contribution is 2.41. The molecule has 0 amide bonds. The number of fused-ring (bicyclic) bond motifs is 6. The van der Waals surface area contributed by atoms with Gasteiger partial charge in [0.2, 0.25) is 0 Å². The summed E-state index contributed by atoms with van der Waals surface area (Å²) in [6, 6.07) is 35.8. The van der Waals surface area contributed by atoms with Gasteiger partial charge in [0.05, 0.1) is 56.5 Å². The smallest absolute Gasteiger partial charge is 0.309 e. The van der Waals surface area contributed by atoms with Crippen LogP contribution < -0.4 is 0 Å². The van der Waals surface area contributed by atoms with Gasteiger partial charge in [-0.2, -0.15) is 36.9 Å². The lowest BCUT2D eigenvalue weighted by Gasteiger charge is -2.15. The number of halogens is 6. The minimum absolute atomic E-state index is 0.250. The quantitative estimate of drug-likeness (QED) is 0.176. The van der Waals surface area contributed by atoms with Gasteiger partial charge in [-0.15, -0.1) is 0 Å². The number of hydrogen-bond donors (Lipinski definition) is 0. The number of para-hydroxylation sites is 2. The zero-order valence-corrected chi connectivity index (χ0v) is 25.6. The third-order valence-electron chi connectivity index (χ3n) is 9.05. The maximum absolute atomic E-state index is 13.7. The molecule has 0 N–H and O–H groups in total. The average molecular weight is 671 g/mol. The molecule has 50 heavy (non-hydrogen) atoms. The van der Waals surface area contributed by atoms with Gasteiger partial charge in [-0.1, -0.05) is 36.4 Å². The fourth-order valence-electron chi connectivity index (χ4n) is 6.84. The Kier molecular flexibility index (Phi) is 6.78. The normalized spacial score (nSPS) is 12.2. The van der Waals surface area contributed by atoms with E-state index in [9.17, 15) is 36.9 Å². The lowest BCUT2D eigenvalue weighted by molar-refractivity contribution is -0.138. The molecule has 2 aromatic heterocycles. The van der Waals surface area contributed by atoms with E-state index in [1.54, 1.807) is 84.9 Å². The molecule has 0 saturated heterocycles. The summed E-state index contributed by atoms with van der Waals surface area (Å²) < 4.78 is 85.8. The number of nitrogens with zero attached hydrogens (tertiary/aromatic N) is 4. The Morgan fingerprint density at radius 1 is 0.420 bits per heavy atom. The molecule has 0 aliphatic heterocycles. The summed E-state index contributed by atoms with van der Waals surface area (Å²) in [5.41, 5.74) is 3.20. The van der Waals surface area contributed by atoms with Crippen LogP contribution in [0.3, 0.4) is 0 Å². The minimum Gasteiger partial charge on any atom is -0.309 e. The molecular formula is C40H20F6N4. The number of hydrogen-bond acceptors (Lipinski definition) is 2. The third-order valence-corrected chi connectivity index (χ3v) is 9.05. The van der Waals surface area contributed by atoms with E-state index in [4.69, 9.17) is 0 Å². The van der Waals surface area contributed by atoms with Crippen molar-refractivity contribution in [3.05, 3.63) is 144 Å². The first-order valence-electron chi connectivity index (χ1n) is 15.3. The second-order valence-electron chi connectivity index (χ2n) is 11.8. The van der Waals surface area contributed by atoms with E-state index in [0.29, 0.717) is 66.1 Å². The topological polar surface area (TPSA) is 57.4 Å². The second-order valence-corrected chi connectivity index (χ2v) is 11.8. The van der Waals surface area contributed by atoms with Gasteiger partial charge in [0, 0.05) is 44.0 Å². The summed E-state index contributed by atoms with van der Waals surface area (Å²) >= 11 is 0. The Bertz CT molecular complexity index is 2580. The highest BCUT2D eigenvalue weighted by Gasteiger charge is 2.32. The van der Waals surface area contributed by atoms with Crippen LogP contribution in [0.1, 0.15) is 22.3 Å².